The van der Waals surface area contributed by atoms with Crippen molar-refractivity contribution in [1.82, 2.24) is 0 Å². The smallest absolute Gasteiger partial charge is 0.343 e. The molecule has 1 aromatic rings. The van der Waals surface area contributed by atoms with Crippen molar-refractivity contribution < 1.29 is 14.6 Å². The standard InChI is InChI=1S/C12H15N3O3S/c1-2-18-12(17)9-10(14)8(5-13)19-11(9)15-4-3-7(16)6-15/h7,16H,2-4,6,14H2,1H3. The number of aliphatic hydroxyl groups is 1. The van der Waals surface area contributed by atoms with Gasteiger partial charge in [0.25, 0.3) is 0 Å². The number of rotatable bonds is 3. The SMILES string of the molecule is CCOC(=O)c1c(N2CCC(O)C2)sc(C#N)c1N. The number of nitrogen functional groups attached to an aromatic ring is 1. The molecule has 1 atom stereocenters. The van der Waals surface area contributed by atoms with E-state index < -0.39 is 12.1 Å². The number of hydrogen-bond acceptors (Lipinski definition) is 7. The van der Waals surface area contributed by atoms with Gasteiger partial charge in [0.2, 0.25) is 0 Å². The summed E-state index contributed by atoms with van der Waals surface area (Å²) in [7, 11) is 0. The van der Waals surface area contributed by atoms with Crippen molar-refractivity contribution in [3.63, 3.8) is 0 Å². The maximum absolute atomic E-state index is 12.0. The van der Waals surface area contributed by atoms with Crippen molar-refractivity contribution in [2.75, 3.05) is 30.3 Å². The lowest BCUT2D eigenvalue weighted by Crippen LogP contribution is -2.22. The van der Waals surface area contributed by atoms with Crippen molar-refractivity contribution in [1.29, 1.82) is 5.26 Å². The molecule has 0 aromatic carbocycles. The van der Waals surface area contributed by atoms with Crippen LogP contribution in [-0.2, 0) is 4.74 Å². The van der Waals surface area contributed by atoms with Gasteiger partial charge in [-0.3, -0.25) is 0 Å². The Morgan fingerprint density at radius 3 is 3.00 bits per heavy atom. The molecule has 3 N–H and O–H groups in total. The van der Waals surface area contributed by atoms with Crippen LogP contribution in [0.4, 0.5) is 10.7 Å². The van der Waals surface area contributed by atoms with Crippen LogP contribution in [0, 0.1) is 11.3 Å². The van der Waals surface area contributed by atoms with Crippen LogP contribution in [0.15, 0.2) is 0 Å². The summed E-state index contributed by atoms with van der Waals surface area (Å²) in [6, 6.07) is 1.98. The molecule has 1 aromatic heterocycles. The molecule has 6 nitrogen and oxygen atoms in total. The lowest BCUT2D eigenvalue weighted by molar-refractivity contribution is 0.0529. The Morgan fingerprint density at radius 1 is 1.74 bits per heavy atom. The molecule has 0 saturated carbocycles. The van der Waals surface area contributed by atoms with E-state index in [4.69, 9.17) is 15.7 Å². The Labute approximate surface area is 115 Å². The van der Waals surface area contributed by atoms with Gasteiger partial charge in [-0.1, -0.05) is 0 Å². The molecule has 1 fully saturated rings. The molecule has 0 spiro atoms. The predicted molar refractivity (Wildman–Crippen MR) is 72.2 cm³/mol. The predicted octanol–water partition coefficient (Wildman–Crippen LogP) is 0.950. The van der Waals surface area contributed by atoms with Gasteiger partial charge in [-0.2, -0.15) is 5.26 Å². The second-order valence-electron chi connectivity index (χ2n) is 4.25. The zero-order valence-electron chi connectivity index (χ0n) is 10.5. The van der Waals surface area contributed by atoms with Gasteiger partial charge in [-0.25, -0.2) is 4.79 Å². The minimum absolute atomic E-state index is 0.169. The van der Waals surface area contributed by atoms with Crippen molar-refractivity contribution in [3.8, 4) is 6.07 Å². The number of β-amino-alcohol motifs (C(OH)–C–C–N with tert-alkyl or cyclic N) is 1. The summed E-state index contributed by atoms with van der Waals surface area (Å²) in [6.45, 7) is 3.04. The molecule has 0 bridgehead atoms. The summed E-state index contributed by atoms with van der Waals surface area (Å²) in [6.07, 6.45) is 0.228. The van der Waals surface area contributed by atoms with Gasteiger partial charge in [-0.15, -0.1) is 11.3 Å². The maximum Gasteiger partial charge on any atom is 0.343 e. The number of hydrogen-bond donors (Lipinski definition) is 2. The second kappa shape index (κ2) is 5.47. The monoisotopic (exact) mass is 281 g/mol. The Hall–Kier alpha value is -1.78. The average Bonchev–Trinajstić information content (AvgIpc) is 2.93. The number of nitrogens with zero attached hydrogens (tertiary/aromatic N) is 2. The number of nitrogens with two attached hydrogens (primary N) is 1. The highest BCUT2D eigenvalue weighted by atomic mass is 32.1. The molecule has 1 aliphatic heterocycles. The quantitative estimate of drug-likeness (QED) is 0.800. The molecular formula is C12H15N3O3S. The summed E-state index contributed by atoms with van der Waals surface area (Å²) >= 11 is 1.17. The molecule has 7 heteroatoms. The highest BCUT2D eigenvalue weighted by Crippen LogP contribution is 2.39. The Bertz CT molecular complexity index is 535. The van der Waals surface area contributed by atoms with E-state index in [-0.39, 0.29) is 17.9 Å². The van der Waals surface area contributed by atoms with Gasteiger partial charge in [0, 0.05) is 13.1 Å². The van der Waals surface area contributed by atoms with Gasteiger partial charge < -0.3 is 20.5 Å². The third-order valence-corrected chi connectivity index (χ3v) is 4.13. The fraction of sp³-hybridized carbons (Fsp3) is 0.500. The van der Waals surface area contributed by atoms with Crippen molar-refractivity contribution in [3.05, 3.63) is 10.4 Å². The van der Waals surface area contributed by atoms with Crippen LogP contribution in [0.3, 0.4) is 0 Å². The summed E-state index contributed by atoms with van der Waals surface area (Å²) in [4.78, 5) is 14.1. The van der Waals surface area contributed by atoms with Crippen molar-refractivity contribution in [2.45, 2.75) is 19.4 Å². The molecule has 0 radical (unpaired) electrons. The van der Waals surface area contributed by atoms with Crippen LogP contribution in [-0.4, -0.2) is 36.9 Å². The first kappa shape index (κ1) is 13.6. The Morgan fingerprint density at radius 2 is 2.47 bits per heavy atom. The summed E-state index contributed by atoms with van der Waals surface area (Å²) in [5.41, 5.74) is 6.26. The number of thiophene rings is 1. The minimum Gasteiger partial charge on any atom is -0.462 e. The molecule has 0 aliphatic carbocycles. The minimum atomic E-state index is -0.519. The molecular weight excluding hydrogens is 266 g/mol. The number of carbonyl (C=O) groups is 1. The van der Waals surface area contributed by atoms with Gasteiger partial charge in [0.15, 0.2) is 0 Å². The highest BCUT2D eigenvalue weighted by molar-refractivity contribution is 7.17. The largest absolute Gasteiger partial charge is 0.462 e. The Balaban J connectivity index is 2.42. The van der Waals surface area contributed by atoms with Crippen LogP contribution in [0.25, 0.3) is 0 Å². The van der Waals surface area contributed by atoms with Gasteiger partial charge in [0.05, 0.1) is 18.4 Å². The second-order valence-corrected chi connectivity index (χ2v) is 5.24. The molecule has 1 aliphatic rings. The molecule has 0 amide bonds. The molecule has 2 rings (SSSR count). The van der Waals surface area contributed by atoms with Crippen LogP contribution < -0.4 is 10.6 Å². The van der Waals surface area contributed by atoms with Crippen molar-refractivity contribution in [2.24, 2.45) is 0 Å². The maximum atomic E-state index is 12.0. The van der Waals surface area contributed by atoms with Gasteiger partial charge in [-0.05, 0) is 13.3 Å². The van der Waals surface area contributed by atoms with Gasteiger partial charge >= 0.3 is 5.97 Å². The topological polar surface area (TPSA) is 99.6 Å². The Kier molecular flexibility index (Phi) is 3.93. The van der Waals surface area contributed by atoms with Crippen LogP contribution >= 0.6 is 11.3 Å². The van der Waals surface area contributed by atoms with E-state index in [1.54, 1.807) is 6.92 Å². The number of anilines is 2. The third-order valence-electron chi connectivity index (χ3n) is 2.96. The summed E-state index contributed by atoms with van der Waals surface area (Å²) in [5, 5.41) is 19.2. The first-order valence-electron chi connectivity index (χ1n) is 6.01. The van der Waals surface area contributed by atoms with Crippen LogP contribution in [0.2, 0.25) is 0 Å². The first-order chi connectivity index (χ1) is 9.08. The number of aliphatic hydroxyl groups excluding tert-OH is 1. The number of nitriles is 1. The van der Waals surface area contributed by atoms with E-state index in [1.807, 2.05) is 11.0 Å². The van der Waals surface area contributed by atoms with E-state index in [1.165, 1.54) is 11.3 Å². The fourth-order valence-electron chi connectivity index (χ4n) is 2.06. The zero-order valence-corrected chi connectivity index (χ0v) is 11.4. The van der Waals surface area contributed by atoms with E-state index in [9.17, 15) is 9.90 Å². The van der Waals surface area contributed by atoms with E-state index in [0.717, 1.165) is 0 Å². The zero-order chi connectivity index (χ0) is 14.0. The molecule has 2 heterocycles. The fourth-order valence-corrected chi connectivity index (χ4v) is 3.11. The number of carbonyl (C=O) groups excluding carboxylic acids is 1. The molecule has 1 saturated heterocycles. The number of ether oxygens (including phenoxy) is 1. The van der Waals surface area contributed by atoms with Crippen LogP contribution in [0.5, 0.6) is 0 Å². The first-order valence-corrected chi connectivity index (χ1v) is 6.82. The molecule has 102 valence electrons. The van der Waals surface area contributed by atoms with E-state index in [0.29, 0.717) is 29.4 Å². The molecule has 19 heavy (non-hydrogen) atoms. The highest BCUT2D eigenvalue weighted by Gasteiger charge is 2.30. The molecule has 1 unspecified atom stereocenters. The lowest BCUT2D eigenvalue weighted by Gasteiger charge is -2.17. The van der Waals surface area contributed by atoms with E-state index >= 15 is 0 Å². The average molecular weight is 281 g/mol. The van der Waals surface area contributed by atoms with Crippen molar-refractivity contribution >= 4 is 28.0 Å². The number of esters is 1. The summed E-state index contributed by atoms with van der Waals surface area (Å²) in [5.74, 6) is -0.519. The van der Waals surface area contributed by atoms with E-state index in [2.05, 4.69) is 0 Å². The van der Waals surface area contributed by atoms with Gasteiger partial charge in [0.1, 0.15) is 21.5 Å². The normalized spacial score (nSPS) is 18.4. The summed E-state index contributed by atoms with van der Waals surface area (Å²) < 4.78 is 4.98. The van der Waals surface area contributed by atoms with Crippen LogP contribution in [0.1, 0.15) is 28.6 Å². The third kappa shape index (κ3) is 2.50. The lowest BCUT2D eigenvalue weighted by atomic mass is 10.2.